The molecule has 1 N–H and O–H groups in total. The van der Waals surface area contributed by atoms with Gasteiger partial charge in [0.15, 0.2) is 5.82 Å². The number of nitrogens with one attached hydrogen (secondary N) is 1. The van der Waals surface area contributed by atoms with Crippen molar-refractivity contribution in [2.24, 2.45) is 5.92 Å². The van der Waals surface area contributed by atoms with Crippen molar-refractivity contribution in [3.8, 4) is 0 Å². The lowest BCUT2D eigenvalue weighted by molar-refractivity contribution is 0.610. The molecule has 0 saturated heterocycles. The highest BCUT2D eigenvalue weighted by Gasteiger charge is 2.08. The van der Waals surface area contributed by atoms with Gasteiger partial charge in [-0.3, -0.25) is 0 Å². The molecule has 4 nitrogen and oxygen atoms in total. The van der Waals surface area contributed by atoms with Gasteiger partial charge in [-0.25, -0.2) is 0 Å². The van der Waals surface area contributed by atoms with E-state index in [-0.39, 0.29) is 0 Å². The third-order valence-corrected chi connectivity index (χ3v) is 2.35. The van der Waals surface area contributed by atoms with Crippen LogP contribution in [0.5, 0.6) is 0 Å². The van der Waals surface area contributed by atoms with Crippen molar-refractivity contribution in [3.63, 3.8) is 0 Å². The van der Waals surface area contributed by atoms with Crippen LogP contribution in [0, 0.1) is 5.92 Å². The molecule has 0 atom stereocenters. The van der Waals surface area contributed by atoms with Crippen molar-refractivity contribution in [1.29, 1.82) is 0 Å². The number of nitrogens with zero attached hydrogens (tertiary/aromatic N) is 3. The highest BCUT2D eigenvalue weighted by atomic mass is 15.3. The number of rotatable bonds is 6. The lowest BCUT2D eigenvalue weighted by Crippen LogP contribution is -2.28. The number of hydrogen-bond donors (Lipinski definition) is 1. The average Bonchev–Trinajstić information content (AvgIpc) is 2.27. The molecule has 0 amide bonds. The summed E-state index contributed by atoms with van der Waals surface area (Å²) in [6.07, 6.45) is 0. The van der Waals surface area contributed by atoms with E-state index in [0.29, 0.717) is 5.92 Å². The second-order valence-electron chi connectivity index (χ2n) is 4.35. The summed E-state index contributed by atoms with van der Waals surface area (Å²) in [5, 5.41) is 11.5. The summed E-state index contributed by atoms with van der Waals surface area (Å²) in [4.78, 5) is 2.25. The predicted molar refractivity (Wildman–Crippen MR) is 67.5 cm³/mol. The van der Waals surface area contributed by atoms with Gasteiger partial charge in [-0.1, -0.05) is 13.8 Å². The topological polar surface area (TPSA) is 41.0 Å². The third kappa shape index (κ3) is 3.77. The summed E-state index contributed by atoms with van der Waals surface area (Å²) >= 11 is 0. The predicted octanol–water partition coefficient (Wildman–Crippen LogP) is 1.68. The minimum absolute atomic E-state index is 0.638. The van der Waals surface area contributed by atoms with Crippen LogP contribution in [0.15, 0.2) is 12.1 Å². The molecule has 1 aromatic heterocycles. The fraction of sp³-hybridized carbons (Fsp3) is 0.667. The van der Waals surface area contributed by atoms with E-state index in [2.05, 4.69) is 41.2 Å². The zero-order chi connectivity index (χ0) is 12.0. The highest BCUT2D eigenvalue weighted by molar-refractivity contribution is 5.37. The molecule has 0 aliphatic heterocycles. The van der Waals surface area contributed by atoms with Crippen LogP contribution >= 0.6 is 0 Å². The molecular weight excluding hydrogens is 200 g/mol. The normalized spacial score (nSPS) is 10.8. The van der Waals surface area contributed by atoms with Crippen LogP contribution in [0.1, 0.15) is 26.5 Å². The van der Waals surface area contributed by atoms with Crippen molar-refractivity contribution in [2.75, 3.05) is 25.0 Å². The fourth-order valence-electron chi connectivity index (χ4n) is 1.62. The molecule has 0 saturated carbocycles. The van der Waals surface area contributed by atoms with Gasteiger partial charge in [0.25, 0.3) is 0 Å². The van der Waals surface area contributed by atoms with E-state index < -0.39 is 0 Å². The van der Waals surface area contributed by atoms with Crippen LogP contribution in [0.2, 0.25) is 0 Å². The largest absolute Gasteiger partial charge is 0.355 e. The van der Waals surface area contributed by atoms with E-state index in [9.17, 15) is 0 Å². The summed E-state index contributed by atoms with van der Waals surface area (Å²) in [7, 11) is 1.91. The molecular formula is C12H22N4. The Morgan fingerprint density at radius 1 is 1.31 bits per heavy atom. The zero-order valence-corrected chi connectivity index (χ0v) is 10.7. The molecule has 1 rings (SSSR count). The quantitative estimate of drug-likeness (QED) is 0.795. The molecule has 1 aromatic rings. The highest BCUT2D eigenvalue weighted by Crippen LogP contribution is 2.11. The van der Waals surface area contributed by atoms with Crippen LogP contribution in [-0.2, 0) is 6.54 Å². The first-order valence-electron chi connectivity index (χ1n) is 5.89. The van der Waals surface area contributed by atoms with E-state index in [4.69, 9.17) is 0 Å². The molecule has 0 spiro atoms. The van der Waals surface area contributed by atoms with Gasteiger partial charge in [0.2, 0.25) is 0 Å². The Bertz CT molecular complexity index is 294. The fourth-order valence-corrected chi connectivity index (χ4v) is 1.62. The maximum absolute atomic E-state index is 4.26. The van der Waals surface area contributed by atoms with Crippen molar-refractivity contribution in [1.82, 2.24) is 15.5 Å². The molecule has 0 unspecified atom stereocenters. The van der Waals surface area contributed by atoms with Crippen molar-refractivity contribution >= 4 is 5.82 Å². The Labute approximate surface area is 98.1 Å². The van der Waals surface area contributed by atoms with E-state index in [1.54, 1.807) is 0 Å². The molecule has 16 heavy (non-hydrogen) atoms. The summed E-state index contributed by atoms with van der Waals surface area (Å²) in [6, 6.07) is 4.08. The van der Waals surface area contributed by atoms with Gasteiger partial charge in [-0.2, -0.15) is 5.10 Å². The second kappa shape index (κ2) is 6.43. The Hall–Kier alpha value is -1.16. The molecule has 0 aromatic carbocycles. The third-order valence-electron chi connectivity index (χ3n) is 2.35. The molecule has 0 fully saturated rings. The van der Waals surface area contributed by atoms with Crippen LogP contribution in [0.3, 0.4) is 0 Å². The smallest absolute Gasteiger partial charge is 0.151 e. The lowest BCUT2D eigenvalue weighted by Gasteiger charge is -2.23. The molecule has 1 heterocycles. The number of hydrogen-bond acceptors (Lipinski definition) is 4. The maximum atomic E-state index is 4.26. The second-order valence-corrected chi connectivity index (χ2v) is 4.35. The van der Waals surface area contributed by atoms with E-state index >= 15 is 0 Å². The van der Waals surface area contributed by atoms with Crippen LogP contribution < -0.4 is 10.2 Å². The summed E-state index contributed by atoms with van der Waals surface area (Å²) in [5.41, 5.74) is 0.979. The van der Waals surface area contributed by atoms with E-state index in [1.165, 1.54) is 0 Å². The summed E-state index contributed by atoms with van der Waals surface area (Å²) in [5.74, 6) is 1.61. The first kappa shape index (κ1) is 12.9. The summed E-state index contributed by atoms with van der Waals surface area (Å²) in [6.45, 7) is 9.33. The zero-order valence-electron chi connectivity index (χ0n) is 10.7. The van der Waals surface area contributed by atoms with E-state index in [1.807, 2.05) is 19.2 Å². The SMILES string of the molecule is CCN(CC(C)C)c1ccc(CNC)nn1. The van der Waals surface area contributed by atoms with Crippen molar-refractivity contribution in [3.05, 3.63) is 17.8 Å². The van der Waals surface area contributed by atoms with Crippen molar-refractivity contribution < 1.29 is 0 Å². The Kier molecular flexibility index (Phi) is 5.19. The monoisotopic (exact) mass is 222 g/mol. The summed E-state index contributed by atoms with van der Waals surface area (Å²) < 4.78 is 0. The number of anilines is 1. The van der Waals surface area contributed by atoms with Gasteiger partial charge in [-0.15, -0.1) is 5.10 Å². The molecule has 4 heteroatoms. The van der Waals surface area contributed by atoms with Crippen LogP contribution in [0.25, 0.3) is 0 Å². The molecule has 0 aliphatic rings. The van der Waals surface area contributed by atoms with Gasteiger partial charge >= 0.3 is 0 Å². The maximum Gasteiger partial charge on any atom is 0.151 e. The molecule has 0 aliphatic carbocycles. The molecule has 0 radical (unpaired) electrons. The standard InChI is InChI=1S/C12H22N4/c1-5-16(9-10(2)3)12-7-6-11(8-13-4)14-15-12/h6-7,10,13H,5,8-9H2,1-4H3. The lowest BCUT2D eigenvalue weighted by atomic mass is 10.2. The Balaban J connectivity index is 2.70. The minimum atomic E-state index is 0.638. The van der Waals surface area contributed by atoms with Gasteiger partial charge in [0.05, 0.1) is 5.69 Å². The number of aromatic nitrogens is 2. The van der Waals surface area contributed by atoms with Crippen molar-refractivity contribution in [2.45, 2.75) is 27.3 Å². The van der Waals surface area contributed by atoms with Gasteiger partial charge in [0, 0.05) is 19.6 Å². The molecule has 0 bridgehead atoms. The van der Waals surface area contributed by atoms with Crippen LogP contribution in [-0.4, -0.2) is 30.3 Å². The van der Waals surface area contributed by atoms with Gasteiger partial charge in [-0.05, 0) is 32.0 Å². The van der Waals surface area contributed by atoms with E-state index in [0.717, 1.165) is 31.1 Å². The Morgan fingerprint density at radius 2 is 2.06 bits per heavy atom. The first-order valence-corrected chi connectivity index (χ1v) is 5.89. The average molecular weight is 222 g/mol. The Morgan fingerprint density at radius 3 is 2.50 bits per heavy atom. The van der Waals surface area contributed by atoms with Gasteiger partial charge in [0.1, 0.15) is 0 Å². The minimum Gasteiger partial charge on any atom is -0.355 e. The van der Waals surface area contributed by atoms with Gasteiger partial charge < -0.3 is 10.2 Å². The first-order chi connectivity index (χ1) is 7.67. The van der Waals surface area contributed by atoms with Crippen LogP contribution in [0.4, 0.5) is 5.82 Å². The molecule has 90 valence electrons.